The van der Waals surface area contributed by atoms with Crippen LogP contribution in [0.2, 0.25) is 0 Å². The average molecular weight is 429 g/mol. The Hall–Kier alpha value is -1.57. The van der Waals surface area contributed by atoms with Gasteiger partial charge in [-0.15, -0.1) is 12.4 Å². The van der Waals surface area contributed by atoms with E-state index >= 15 is 0 Å². The van der Waals surface area contributed by atoms with Crippen molar-refractivity contribution in [1.82, 2.24) is 20.4 Å². The molecule has 0 saturated carbocycles. The minimum atomic E-state index is -0.131. The normalized spacial score (nSPS) is 16.8. The lowest BCUT2D eigenvalue weighted by atomic mass is 10.1. The van der Waals surface area contributed by atoms with Crippen molar-refractivity contribution in [1.29, 1.82) is 0 Å². The van der Waals surface area contributed by atoms with E-state index in [9.17, 15) is 4.79 Å². The fraction of sp³-hybridized carbons (Fsp3) is 0.412. The number of nitrogens with zero attached hydrogens (tertiary/aromatic N) is 2. The molecule has 1 unspecified atom stereocenters. The van der Waals surface area contributed by atoms with Crippen LogP contribution in [0, 0.1) is 0 Å². The van der Waals surface area contributed by atoms with E-state index in [4.69, 9.17) is 0 Å². The van der Waals surface area contributed by atoms with Crippen LogP contribution in [0.15, 0.2) is 41.0 Å². The van der Waals surface area contributed by atoms with Gasteiger partial charge in [-0.2, -0.15) is 5.10 Å². The second-order valence-electron chi connectivity index (χ2n) is 5.87. The molecule has 2 aromatic rings. The third-order valence-electron chi connectivity index (χ3n) is 4.05. The van der Waals surface area contributed by atoms with Crippen LogP contribution < -0.4 is 16.0 Å². The van der Waals surface area contributed by atoms with E-state index in [0.717, 1.165) is 36.1 Å². The van der Waals surface area contributed by atoms with E-state index in [-0.39, 0.29) is 18.3 Å². The van der Waals surface area contributed by atoms with Crippen LogP contribution in [-0.4, -0.2) is 41.9 Å². The van der Waals surface area contributed by atoms with Crippen molar-refractivity contribution in [3.05, 3.63) is 46.7 Å². The average Bonchev–Trinajstić information content (AvgIpc) is 3.10. The van der Waals surface area contributed by atoms with Crippen LogP contribution in [0.5, 0.6) is 0 Å². The molecule has 8 heteroatoms. The Morgan fingerprint density at radius 3 is 3.00 bits per heavy atom. The van der Waals surface area contributed by atoms with Crippen LogP contribution in [0.25, 0.3) is 0 Å². The van der Waals surface area contributed by atoms with Crippen molar-refractivity contribution >= 4 is 39.9 Å². The Morgan fingerprint density at radius 2 is 2.24 bits per heavy atom. The van der Waals surface area contributed by atoms with Gasteiger partial charge in [-0.05, 0) is 43.7 Å². The zero-order chi connectivity index (χ0) is 16.8. The van der Waals surface area contributed by atoms with Gasteiger partial charge in [-0.3, -0.25) is 9.48 Å². The first-order chi connectivity index (χ1) is 11.7. The van der Waals surface area contributed by atoms with E-state index < -0.39 is 0 Å². The predicted molar refractivity (Wildman–Crippen MR) is 106 cm³/mol. The van der Waals surface area contributed by atoms with E-state index in [1.165, 1.54) is 0 Å². The Labute approximate surface area is 162 Å². The summed E-state index contributed by atoms with van der Waals surface area (Å²) in [7, 11) is 0. The number of anilines is 1. The molecule has 1 aliphatic rings. The molecule has 1 amide bonds. The summed E-state index contributed by atoms with van der Waals surface area (Å²) >= 11 is 3.44. The van der Waals surface area contributed by atoms with Crippen molar-refractivity contribution in [2.75, 3.05) is 31.5 Å². The molecular formula is C17H23BrClN5O. The summed E-state index contributed by atoms with van der Waals surface area (Å²) in [6.07, 6.45) is 4.14. The van der Waals surface area contributed by atoms with Crippen molar-refractivity contribution < 1.29 is 4.79 Å². The minimum Gasteiger partial charge on any atom is -0.383 e. The molecule has 0 bridgehead atoms. The monoisotopic (exact) mass is 427 g/mol. The number of hydrogen-bond donors (Lipinski definition) is 3. The molecule has 1 fully saturated rings. The zero-order valence-corrected chi connectivity index (χ0v) is 16.3. The van der Waals surface area contributed by atoms with E-state index in [1.807, 2.05) is 35.1 Å². The Morgan fingerprint density at radius 1 is 1.36 bits per heavy atom. The van der Waals surface area contributed by atoms with Crippen LogP contribution in [-0.2, 0) is 0 Å². The van der Waals surface area contributed by atoms with Gasteiger partial charge in [0.15, 0.2) is 0 Å². The molecule has 3 N–H and O–H groups in total. The van der Waals surface area contributed by atoms with Gasteiger partial charge in [0.2, 0.25) is 0 Å². The fourth-order valence-electron chi connectivity index (χ4n) is 2.79. The number of rotatable bonds is 6. The highest BCUT2D eigenvalue weighted by molar-refractivity contribution is 9.10. The quantitative estimate of drug-likeness (QED) is 0.619. The van der Waals surface area contributed by atoms with E-state index in [1.54, 1.807) is 6.07 Å². The highest BCUT2D eigenvalue weighted by atomic mass is 79.9. The second kappa shape index (κ2) is 9.79. The molecule has 0 radical (unpaired) electrons. The summed E-state index contributed by atoms with van der Waals surface area (Å²) < 4.78 is 2.93. The first-order valence-corrected chi connectivity index (χ1v) is 9.05. The molecule has 1 aromatic heterocycles. The molecule has 1 aliphatic heterocycles. The number of hydrogen-bond acceptors (Lipinski definition) is 4. The minimum absolute atomic E-state index is 0. The van der Waals surface area contributed by atoms with Crippen molar-refractivity contribution in [2.24, 2.45) is 0 Å². The van der Waals surface area contributed by atoms with Gasteiger partial charge in [0.05, 0.1) is 6.04 Å². The van der Waals surface area contributed by atoms with Gasteiger partial charge in [0.1, 0.15) is 5.69 Å². The molecular weight excluding hydrogens is 406 g/mol. The fourth-order valence-corrected chi connectivity index (χ4v) is 3.19. The maximum atomic E-state index is 12.2. The van der Waals surface area contributed by atoms with Crippen molar-refractivity contribution in [3.63, 3.8) is 0 Å². The summed E-state index contributed by atoms with van der Waals surface area (Å²) in [5.74, 6) is -0.131. The molecule has 0 aliphatic carbocycles. The Kier molecular flexibility index (Phi) is 7.74. The molecule has 136 valence electrons. The van der Waals surface area contributed by atoms with Crippen molar-refractivity contribution in [3.8, 4) is 0 Å². The topological polar surface area (TPSA) is 71.0 Å². The smallest absolute Gasteiger partial charge is 0.271 e. The third kappa shape index (κ3) is 5.73. The number of carbonyl (C=O) groups excluding carboxylic acids is 1. The molecule has 0 spiro atoms. The van der Waals surface area contributed by atoms with E-state index in [0.29, 0.717) is 24.8 Å². The number of amides is 1. The second-order valence-corrected chi connectivity index (χ2v) is 6.79. The Balaban J connectivity index is 0.00000225. The number of aromatic nitrogens is 2. The number of benzene rings is 1. The summed E-state index contributed by atoms with van der Waals surface area (Å²) in [5.41, 5.74) is 1.50. The number of carbonyl (C=O) groups is 1. The van der Waals surface area contributed by atoms with Gasteiger partial charge < -0.3 is 16.0 Å². The standard InChI is InChI=1S/C17H22BrN5O.ClH/c18-13-3-1-4-14(11-13)20-8-9-21-17(24)16-6-10-23(22-16)15-5-2-7-19-12-15;/h1,3-4,6,10-11,15,19-20H,2,5,7-9,12H2,(H,21,24);1H. The SMILES string of the molecule is Cl.O=C(NCCNc1cccc(Br)c1)c1ccn(C2CCCNC2)n1. The first-order valence-electron chi connectivity index (χ1n) is 8.26. The summed E-state index contributed by atoms with van der Waals surface area (Å²) in [6, 6.07) is 10.1. The summed E-state index contributed by atoms with van der Waals surface area (Å²) in [6.45, 7) is 3.19. The third-order valence-corrected chi connectivity index (χ3v) is 4.54. The largest absolute Gasteiger partial charge is 0.383 e. The lowest BCUT2D eigenvalue weighted by Gasteiger charge is -2.22. The zero-order valence-electron chi connectivity index (χ0n) is 13.9. The summed E-state index contributed by atoms with van der Waals surface area (Å²) in [4.78, 5) is 12.2. The molecule has 1 atom stereocenters. The molecule has 6 nitrogen and oxygen atoms in total. The molecule has 3 rings (SSSR count). The van der Waals surface area contributed by atoms with Gasteiger partial charge in [0, 0.05) is 36.0 Å². The molecule has 1 saturated heterocycles. The van der Waals surface area contributed by atoms with Crippen molar-refractivity contribution in [2.45, 2.75) is 18.9 Å². The summed E-state index contributed by atoms with van der Waals surface area (Å²) in [5, 5.41) is 13.9. The highest BCUT2D eigenvalue weighted by Crippen LogP contribution is 2.16. The number of piperidine rings is 1. The van der Waals surface area contributed by atoms with E-state index in [2.05, 4.69) is 37.0 Å². The lowest BCUT2D eigenvalue weighted by Crippen LogP contribution is -2.32. The lowest BCUT2D eigenvalue weighted by molar-refractivity contribution is 0.0949. The first kappa shape index (κ1) is 19.8. The van der Waals surface area contributed by atoms with Gasteiger partial charge in [-0.1, -0.05) is 22.0 Å². The maximum absolute atomic E-state index is 12.2. The van der Waals surface area contributed by atoms with Crippen LogP contribution in [0.3, 0.4) is 0 Å². The predicted octanol–water partition coefficient (Wildman–Crippen LogP) is 2.83. The maximum Gasteiger partial charge on any atom is 0.271 e. The van der Waals surface area contributed by atoms with Gasteiger partial charge in [-0.25, -0.2) is 0 Å². The van der Waals surface area contributed by atoms with Gasteiger partial charge in [0.25, 0.3) is 5.91 Å². The van der Waals surface area contributed by atoms with Gasteiger partial charge >= 0.3 is 0 Å². The number of halogens is 2. The molecule has 25 heavy (non-hydrogen) atoms. The number of nitrogens with one attached hydrogen (secondary N) is 3. The highest BCUT2D eigenvalue weighted by Gasteiger charge is 2.17. The Bertz CT molecular complexity index is 687. The molecule has 1 aromatic carbocycles. The molecule has 2 heterocycles. The van der Waals surface area contributed by atoms with Crippen LogP contribution in [0.4, 0.5) is 5.69 Å². The van der Waals surface area contributed by atoms with Crippen LogP contribution in [0.1, 0.15) is 29.4 Å². The van der Waals surface area contributed by atoms with Crippen LogP contribution >= 0.6 is 28.3 Å².